The van der Waals surface area contributed by atoms with Crippen molar-refractivity contribution in [1.29, 1.82) is 5.26 Å². The average Bonchev–Trinajstić information content (AvgIpc) is 2.41. The van der Waals surface area contributed by atoms with Crippen LogP contribution in [0, 0.1) is 11.3 Å². The fourth-order valence-corrected chi connectivity index (χ4v) is 0.697. The van der Waals surface area contributed by atoms with Crippen LogP contribution in [-0.4, -0.2) is 11.5 Å². The Labute approximate surface area is 59.7 Å². The molecular formula is C7H9N3. The van der Waals surface area contributed by atoms with E-state index >= 15 is 0 Å². The van der Waals surface area contributed by atoms with E-state index in [0.717, 1.165) is 5.69 Å². The Hall–Kier alpha value is -1.43. The number of anilines is 1. The molecule has 3 nitrogen and oxygen atoms in total. The van der Waals surface area contributed by atoms with Gasteiger partial charge in [-0.3, -0.25) is 0 Å². The molecule has 0 amide bonds. The van der Waals surface area contributed by atoms with E-state index in [1.165, 1.54) is 0 Å². The summed E-state index contributed by atoms with van der Waals surface area (Å²) in [5.41, 5.74) is 1.04. The van der Waals surface area contributed by atoms with Crippen molar-refractivity contribution in [2.45, 2.75) is 6.42 Å². The highest BCUT2D eigenvalue weighted by molar-refractivity contribution is 5.40. The van der Waals surface area contributed by atoms with E-state index in [4.69, 9.17) is 5.26 Å². The number of nitrogens with zero attached hydrogens (tertiary/aromatic N) is 1. The van der Waals surface area contributed by atoms with Crippen molar-refractivity contribution in [2.24, 2.45) is 0 Å². The summed E-state index contributed by atoms with van der Waals surface area (Å²) in [6.07, 6.45) is 4.25. The number of rotatable bonds is 3. The summed E-state index contributed by atoms with van der Waals surface area (Å²) in [6, 6.07) is 3.99. The Kier molecular flexibility index (Phi) is 2.39. The van der Waals surface area contributed by atoms with Gasteiger partial charge in [0.1, 0.15) is 0 Å². The molecule has 52 valence electrons. The van der Waals surface area contributed by atoms with Crippen LogP contribution in [0.2, 0.25) is 0 Å². The van der Waals surface area contributed by atoms with Crippen LogP contribution in [0.4, 0.5) is 5.69 Å². The SMILES string of the molecule is N#CCCNc1cc[nH]c1. The van der Waals surface area contributed by atoms with Crippen LogP contribution >= 0.6 is 0 Å². The van der Waals surface area contributed by atoms with E-state index in [-0.39, 0.29) is 0 Å². The molecule has 0 fully saturated rings. The lowest BCUT2D eigenvalue weighted by Gasteiger charge is -1.96. The number of aromatic amines is 1. The number of aromatic nitrogens is 1. The second-order valence-corrected chi connectivity index (χ2v) is 1.93. The normalized spacial score (nSPS) is 8.70. The molecule has 1 aromatic heterocycles. The summed E-state index contributed by atoms with van der Waals surface area (Å²) in [6.45, 7) is 0.717. The number of hydrogen-bond donors (Lipinski definition) is 2. The third-order valence-electron chi connectivity index (χ3n) is 1.16. The molecule has 0 saturated heterocycles. The van der Waals surface area contributed by atoms with Gasteiger partial charge in [-0.15, -0.1) is 0 Å². The summed E-state index contributed by atoms with van der Waals surface area (Å²) in [7, 11) is 0. The maximum absolute atomic E-state index is 8.20. The van der Waals surface area contributed by atoms with Crippen LogP contribution in [0.1, 0.15) is 6.42 Å². The third-order valence-corrected chi connectivity index (χ3v) is 1.16. The summed E-state index contributed by atoms with van der Waals surface area (Å²) >= 11 is 0. The molecule has 0 radical (unpaired) electrons. The summed E-state index contributed by atoms with van der Waals surface area (Å²) in [5, 5.41) is 11.3. The van der Waals surface area contributed by atoms with E-state index in [1.807, 2.05) is 18.5 Å². The zero-order valence-electron chi connectivity index (χ0n) is 5.59. The van der Waals surface area contributed by atoms with Gasteiger partial charge < -0.3 is 10.3 Å². The smallest absolute Gasteiger partial charge is 0.0640 e. The van der Waals surface area contributed by atoms with Gasteiger partial charge in [0, 0.05) is 18.9 Å². The molecule has 0 aliphatic carbocycles. The van der Waals surface area contributed by atoms with Crippen LogP contribution in [0.5, 0.6) is 0 Å². The summed E-state index contributed by atoms with van der Waals surface area (Å²) < 4.78 is 0. The number of nitriles is 1. The second kappa shape index (κ2) is 3.57. The first-order chi connectivity index (χ1) is 4.93. The van der Waals surface area contributed by atoms with Crippen LogP contribution in [0.25, 0.3) is 0 Å². The maximum atomic E-state index is 8.20. The topological polar surface area (TPSA) is 51.6 Å². The molecule has 1 rings (SSSR count). The van der Waals surface area contributed by atoms with E-state index in [1.54, 1.807) is 0 Å². The molecule has 0 spiro atoms. The largest absolute Gasteiger partial charge is 0.383 e. The molecule has 3 heteroatoms. The van der Waals surface area contributed by atoms with Crippen molar-refractivity contribution in [2.75, 3.05) is 11.9 Å². The predicted octanol–water partition coefficient (Wildman–Crippen LogP) is 1.34. The Morgan fingerprint density at radius 2 is 2.60 bits per heavy atom. The molecule has 0 unspecified atom stereocenters. The maximum Gasteiger partial charge on any atom is 0.0640 e. The minimum atomic E-state index is 0.547. The number of hydrogen-bond acceptors (Lipinski definition) is 2. The van der Waals surface area contributed by atoms with Gasteiger partial charge >= 0.3 is 0 Å². The number of nitrogens with one attached hydrogen (secondary N) is 2. The van der Waals surface area contributed by atoms with Gasteiger partial charge in [0.2, 0.25) is 0 Å². The molecule has 1 heterocycles. The first-order valence-corrected chi connectivity index (χ1v) is 3.17. The molecule has 0 aliphatic heterocycles. The Bertz CT molecular complexity index is 207. The predicted molar refractivity (Wildman–Crippen MR) is 39.5 cm³/mol. The van der Waals surface area contributed by atoms with Gasteiger partial charge in [-0.25, -0.2) is 0 Å². The Balaban J connectivity index is 2.23. The van der Waals surface area contributed by atoms with Gasteiger partial charge in [-0.05, 0) is 6.07 Å². The van der Waals surface area contributed by atoms with Crippen LogP contribution in [0.3, 0.4) is 0 Å². The molecular weight excluding hydrogens is 126 g/mol. The monoisotopic (exact) mass is 135 g/mol. The lowest BCUT2D eigenvalue weighted by atomic mass is 10.4. The van der Waals surface area contributed by atoms with Crippen molar-refractivity contribution in [3.05, 3.63) is 18.5 Å². The number of H-pyrrole nitrogens is 1. The molecule has 0 saturated carbocycles. The highest BCUT2D eigenvalue weighted by Gasteiger charge is 1.87. The minimum Gasteiger partial charge on any atom is -0.383 e. The van der Waals surface area contributed by atoms with E-state index in [0.29, 0.717) is 13.0 Å². The molecule has 0 atom stereocenters. The Morgan fingerprint density at radius 3 is 3.20 bits per heavy atom. The average molecular weight is 135 g/mol. The molecule has 0 aliphatic rings. The zero-order valence-corrected chi connectivity index (χ0v) is 5.59. The Morgan fingerprint density at radius 1 is 1.70 bits per heavy atom. The summed E-state index contributed by atoms with van der Waals surface area (Å²) in [4.78, 5) is 2.91. The highest BCUT2D eigenvalue weighted by atomic mass is 14.9. The highest BCUT2D eigenvalue weighted by Crippen LogP contribution is 2.02. The van der Waals surface area contributed by atoms with Crippen LogP contribution < -0.4 is 5.32 Å². The van der Waals surface area contributed by atoms with E-state index in [9.17, 15) is 0 Å². The van der Waals surface area contributed by atoms with Crippen LogP contribution in [0.15, 0.2) is 18.5 Å². The lowest BCUT2D eigenvalue weighted by molar-refractivity contribution is 1.08. The van der Waals surface area contributed by atoms with Crippen molar-refractivity contribution >= 4 is 5.69 Å². The van der Waals surface area contributed by atoms with Gasteiger partial charge in [0.05, 0.1) is 18.2 Å². The first-order valence-electron chi connectivity index (χ1n) is 3.17. The lowest BCUT2D eigenvalue weighted by Crippen LogP contribution is -1.98. The third kappa shape index (κ3) is 1.82. The van der Waals surface area contributed by atoms with Crippen molar-refractivity contribution in [3.8, 4) is 6.07 Å². The van der Waals surface area contributed by atoms with Crippen LogP contribution in [-0.2, 0) is 0 Å². The van der Waals surface area contributed by atoms with Crippen molar-refractivity contribution in [1.82, 2.24) is 4.98 Å². The van der Waals surface area contributed by atoms with Gasteiger partial charge in [0.25, 0.3) is 0 Å². The first kappa shape index (κ1) is 6.69. The molecule has 1 aromatic rings. The minimum absolute atomic E-state index is 0.547. The van der Waals surface area contributed by atoms with Crippen molar-refractivity contribution in [3.63, 3.8) is 0 Å². The standard InChI is InChI=1S/C7H9N3/c8-3-1-4-10-7-2-5-9-6-7/h2,5-6,9-10H,1,4H2. The fourth-order valence-electron chi connectivity index (χ4n) is 0.697. The van der Waals surface area contributed by atoms with Gasteiger partial charge in [-0.2, -0.15) is 5.26 Å². The summed E-state index contributed by atoms with van der Waals surface area (Å²) in [5.74, 6) is 0. The molecule has 10 heavy (non-hydrogen) atoms. The molecule has 0 bridgehead atoms. The fraction of sp³-hybridized carbons (Fsp3) is 0.286. The zero-order chi connectivity index (χ0) is 7.23. The van der Waals surface area contributed by atoms with Gasteiger partial charge in [-0.1, -0.05) is 0 Å². The van der Waals surface area contributed by atoms with Crippen molar-refractivity contribution < 1.29 is 0 Å². The van der Waals surface area contributed by atoms with E-state index < -0.39 is 0 Å². The van der Waals surface area contributed by atoms with Gasteiger partial charge in [0.15, 0.2) is 0 Å². The molecule has 0 aromatic carbocycles. The van der Waals surface area contributed by atoms with E-state index in [2.05, 4.69) is 16.4 Å². The molecule has 2 N–H and O–H groups in total. The second-order valence-electron chi connectivity index (χ2n) is 1.93. The quantitative estimate of drug-likeness (QED) is 0.614.